The number of amides is 1. The molecule has 0 N–H and O–H groups in total. The van der Waals surface area contributed by atoms with E-state index in [4.69, 9.17) is 0 Å². The maximum absolute atomic E-state index is 12.3. The second-order valence-corrected chi connectivity index (χ2v) is 8.75. The van der Waals surface area contributed by atoms with Crippen LogP contribution in [0.25, 0.3) is 0 Å². The number of aryl methyl sites for hydroxylation is 1. The highest BCUT2D eigenvalue weighted by atomic mass is 32.2. The Morgan fingerprint density at radius 1 is 1.16 bits per heavy atom. The van der Waals surface area contributed by atoms with Crippen LogP contribution in [0.3, 0.4) is 0 Å². The van der Waals surface area contributed by atoms with Gasteiger partial charge in [0.05, 0.1) is 11.9 Å². The van der Waals surface area contributed by atoms with Gasteiger partial charge in [-0.05, 0) is 44.5 Å². The van der Waals surface area contributed by atoms with Gasteiger partial charge in [0.2, 0.25) is 15.9 Å². The first-order chi connectivity index (χ1) is 11.7. The molecule has 25 heavy (non-hydrogen) atoms. The summed E-state index contributed by atoms with van der Waals surface area (Å²) in [5.41, 5.74) is 2.72. The van der Waals surface area contributed by atoms with E-state index in [1.165, 1.54) is 10.6 Å². The van der Waals surface area contributed by atoms with E-state index in [0.717, 1.165) is 37.3 Å². The lowest BCUT2D eigenvalue weighted by atomic mass is 10.1. The van der Waals surface area contributed by atoms with Crippen LogP contribution in [0.15, 0.2) is 18.2 Å². The Hall–Kier alpha value is -1.60. The summed E-state index contributed by atoms with van der Waals surface area (Å²) in [6.07, 6.45) is 2.11. The molecule has 0 aliphatic carbocycles. The SMILES string of the molecule is Cc1cccc(N(CCCC(=O)N2CCN(C)CC2)S(C)(=O)=O)c1C. The fourth-order valence-corrected chi connectivity index (χ4v) is 4.07. The molecule has 0 aromatic heterocycles. The van der Waals surface area contributed by atoms with Gasteiger partial charge in [0.15, 0.2) is 0 Å². The Bertz CT molecular complexity index is 710. The van der Waals surface area contributed by atoms with Crippen molar-refractivity contribution in [3.63, 3.8) is 0 Å². The van der Waals surface area contributed by atoms with Crippen molar-refractivity contribution < 1.29 is 13.2 Å². The van der Waals surface area contributed by atoms with Crippen LogP contribution >= 0.6 is 0 Å². The third-order valence-corrected chi connectivity index (χ3v) is 6.03. The van der Waals surface area contributed by atoms with Crippen molar-refractivity contribution in [3.05, 3.63) is 29.3 Å². The van der Waals surface area contributed by atoms with Crippen molar-refractivity contribution in [2.45, 2.75) is 26.7 Å². The Morgan fingerprint density at radius 3 is 2.40 bits per heavy atom. The molecule has 0 saturated carbocycles. The van der Waals surface area contributed by atoms with Gasteiger partial charge < -0.3 is 9.80 Å². The zero-order chi connectivity index (χ0) is 18.6. The number of rotatable bonds is 6. The van der Waals surface area contributed by atoms with Crippen LogP contribution in [0.1, 0.15) is 24.0 Å². The molecule has 0 atom stereocenters. The number of likely N-dealkylation sites (N-methyl/N-ethyl adjacent to an activating group) is 1. The smallest absolute Gasteiger partial charge is 0.232 e. The van der Waals surface area contributed by atoms with Gasteiger partial charge in [0, 0.05) is 39.1 Å². The summed E-state index contributed by atoms with van der Waals surface area (Å²) in [5, 5.41) is 0. The summed E-state index contributed by atoms with van der Waals surface area (Å²) in [7, 11) is -1.33. The van der Waals surface area contributed by atoms with E-state index < -0.39 is 10.0 Å². The molecule has 0 bridgehead atoms. The van der Waals surface area contributed by atoms with Crippen LogP contribution in [0.5, 0.6) is 0 Å². The van der Waals surface area contributed by atoms with E-state index in [1.807, 2.05) is 36.9 Å². The first-order valence-electron chi connectivity index (χ1n) is 8.70. The van der Waals surface area contributed by atoms with Gasteiger partial charge in [-0.3, -0.25) is 9.10 Å². The fraction of sp³-hybridized carbons (Fsp3) is 0.611. The number of anilines is 1. The van der Waals surface area contributed by atoms with Crippen LogP contribution in [0, 0.1) is 13.8 Å². The number of hydrogen-bond donors (Lipinski definition) is 0. The summed E-state index contributed by atoms with van der Waals surface area (Å²) in [6.45, 7) is 7.51. The number of sulfonamides is 1. The summed E-state index contributed by atoms with van der Waals surface area (Å²) in [5.74, 6) is 0.113. The first-order valence-corrected chi connectivity index (χ1v) is 10.5. The van der Waals surface area contributed by atoms with Crippen LogP contribution in [0.2, 0.25) is 0 Å². The van der Waals surface area contributed by atoms with E-state index in [0.29, 0.717) is 25.1 Å². The molecule has 0 spiro atoms. The molecule has 0 radical (unpaired) electrons. The second kappa shape index (κ2) is 8.19. The number of carbonyl (C=O) groups excluding carboxylic acids is 1. The minimum atomic E-state index is -3.39. The zero-order valence-electron chi connectivity index (χ0n) is 15.7. The first kappa shape index (κ1) is 19.7. The van der Waals surface area contributed by atoms with Crippen LogP contribution in [0.4, 0.5) is 5.69 Å². The molecule has 2 rings (SSSR count). The van der Waals surface area contributed by atoms with Gasteiger partial charge in [-0.25, -0.2) is 8.42 Å². The summed E-state index contributed by atoms with van der Waals surface area (Å²) in [6, 6.07) is 5.66. The van der Waals surface area contributed by atoms with Gasteiger partial charge in [-0.15, -0.1) is 0 Å². The average molecular weight is 368 g/mol. The van der Waals surface area contributed by atoms with Crippen molar-refractivity contribution in [1.82, 2.24) is 9.80 Å². The van der Waals surface area contributed by atoms with E-state index in [9.17, 15) is 13.2 Å². The van der Waals surface area contributed by atoms with Crippen LogP contribution < -0.4 is 4.31 Å². The molecule has 140 valence electrons. The third-order valence-electron chi connectivity index (χ3n) is 4.85. The molecule has 1 saturated heterocycles. The molecule has 1 aliphatic rings. The van der Waals surface area contributed by atoms with Crippen LogP contribution in [-0.2, 0) is 14.8 Å². The summed E-state index contributed by atoms with van der Waals surface area (Å²) >= 11 is 0. The highest BCUT2D eigenvalue weighted by Crippen LogP contribution is 2.25. The van der Waals surface area contributed by atoms with E-state index in [1.54, 1.807) is 0 Å². The Labute approximate surface area is 151 Å². The van der Waals surface area contributed by atoms with Gasteiger partial charge in [-0.2, -0.15) is 0 Å². The van der Waals surface area contributed by atoms with Gasteiger partial charge in [0.1, 0.15) is 0 Å². The van der Waals surface area contributed by atoms with Gasteiger partial charge in [-0.1, -0.05) is 12.1 Å². The highest BCUT2D eigenvalue weighted by Gasteiger charge is 2.22. The number of piperazine rings is 1. The maximum Gasteiger partial charge on any atom is 0.232 e. The molecule has 1 amide bonds. The molecule has 7 heteroatoms. The number of hydrogen-bond acceptors (Lipinski definition) is 4. The lowest BCUT2D eigenvalue weighted by molar-refractivity contribution is -0.132. The number of benzene rings is 1. The predicted octanol–water partition coefficient (Wildman–Crippen LogP) is 1.62. The molecular weight excluding hydrogens is 338 g/mol. The second-order valence-electron chi connectivity index (χ2n) is 6.84. The Morgan fingerprint density at radius 2 is 1.80 bits per heavy atom. The number of carbonyl (C=O) groups is 1. The molecular formula is C18H29N3O3S. The Balaban J connectivity index is 2.00. The molecule has 1 fully saturated rings. The zero-order valence-corrected chi connectivity index (χ0v) is 16.5. The standard InChI is InChI=1S/C18H29N3O3S/c1-15-7-5-8-17(16(15)2)21(25(4,23)24)10-6-9-18(22)20-13-11-19(3)12-14-20/h5,7-8H,6,9-14H2,1-4H3. The monoisotopic (exact) mass is 367 g/mol. The lowest BCUT2D eigenvalue weighted by Crippen LogP contribution is -2.47. The lowest BCUT2D eigenvalue weighted by Gasteiger charge is -2.32. The molecule has 1 aliphatic heterocycles. The molecule has 1 heterocycles. The largest absolute Gasteiger partial charge is 0.340 e. The maximum atomic E-state index is 12.3. The van der Waals surface area contributed by atoms with E-state index in [2.05, 4.69) is 11.9 Å². The van der Waals surface area contributed by atoms with Gasteiger partial charge >= 0.3 is 0 Å². The highest BCUT2D eigenvalue weighted by molar-refractivity contribution is 7.92. The fourth-order valence-electron chi connectivity index (χ4n) is 3.06. The molecule has 0 unspecified atom stereocenters. The van der Waals surface area contributed by atoms with E-state index >= 15 is 0 Å². The normalized spacial score (nSPS) is 16.1. The van der Waals surface area contributed by atoms with Crippen LogP contribution in [-0.4, -0.2) is 70.2 Å². The quantitative estimate of drug-likeness (QED) is 0.767. The Kier molecular flexibility index (Phi) is 6.46. The number of nitrogens with zero attached hydrogens (tertiary/aromatic N) is 3. The van der Waals surface area contributed by atoms with Crippen molar-refractivity contribution in [2.75, 3.05) is 50.3 Å². The topological polar surface area (TPSA) is 60.9 Å². The van der Waals surface area contributed by atoms with Crippen molar-refractivity contribution >= 4 is 21.6 Å². The van der Waals surface area contributed by atoms with Crippen molar-refractivity contribution in [1.29, 1.82) is 0 Å². The average Bonchev–Trinajstić information content (AvgIpc) is 2.54. The van der Waals surface area contributed by atoms with E-state index in [-0.39, 0.29) is 5.91 Å². The van der Waals surface area contributed by atoms with Crippen molar-refractivity contribution in [2.24, 2.45) is 0 Å². The minimum absolute atomic E-state index is 0.113. The molecule has 1 aromatic carbocycles. The van der Waals surface area contributed by atoms with Gasteiger partial charge in [0.25, 0.3) is 0 Å². The predicted molar refractivity (Wildman–Crippen MR) is 101 cm³/mol. The third kappa shape index (κ3) is 5.19. The minimum Gasteiger partial charge on any atom is -0.340 e. The molecule has 1 aromatic rings. The summed E-state index contributed by atoms with van der Waals surface area (Å²) in [4.78, 5) is 16.4. The summed E-state index contributed by atoms with van der Waals surface area (Å²) < 4.78 is 25.9. The van der Waals surface area contributed by atoms with Crippen molar-refractivity contribution in [3.8, 4) is 0 Å². The molecule has 6 nitrogen and oxygen atoms in total.